The Morgan fingerprint density at radius 1 is 1.59 bits per heavy atom. The smallest absolute Gasteiger partial charge is 0.294 e. The monoisotopic (exact) mass is 238 g/mol. The lowest BCUT2D eigenvalue weighted by atomic mass is 10.2. The molecule has 1 rings (SSSR count). The maximum Gasteiger partial charge on any atom is 0.294 e. The van der Waals surface area contributed by atoms with E-state index in [2.05, 4.69) is 10.5 Å². The molecule has 0 radical (unpaired) electrons. The van der Waals surface area contributed by atoms with Gasteiger partial charge in [0.05, 0.1) is 4.92 Å². The van der Waals surface area contributed by atoms with Crippen LogP contribution in [0.2, 0.25) is 0 Å². The van der Waals surface area contributed by atoms with Crippen molar-refractivity contribution in [2.45, 2.75) is 6.92 Å². The van der Waals surface area contributed by atoms with E-state index in [9.17, 15) is 14.9 Å². The lowest BCUT2D eigenvalue weighted by Gasteiger charge is -2.06. The standard InChI is InChI=1S/C9H10N4O4/c1-5-4-6(13(16)17)2-3-7(5)11-9(14)8(10)12-15/h2-4,15H,1H3,(H2,10,12)(H,11,14). The van der Waals surface area contributed by atoms with Gasteiger partial charge in [-0.3, -0.25) is 14.9 Å². The first-order valence-corrected chi connectivity index (χ1v) is 4.49. The molecule has 0 aliphatic heterocycles. The molecular weight excluding hydrogens is 228 g/mol. The Morgan fingerprint density at radius 2 is 2.24 bits per heavy atom. The quantitative estimate of drug-likeness (QED) is 0.228. The highest BCUT2D eigenvalue weighted by Gasteiger charge is 2.12. The largest absolute Gasteiger partial charge is 0.409 e. The summed E-state index contributed by atoms with van der Waals surface area (Å²) in [5, 5.41) is 23.7. The molecular formula is C9H10N4O4. The van der Waals surface area contributed by atoms with Crippen LogP contribution in [0.25, 0.3) is 0 Å². The number of nitrogens with zero attached hydrogens (tertiary/aromatic N) is 2. The van der Waals surface area contributed by atoms with Crippen LogP contribution in [0.5, 0.6) is 0 Å². The number of nitrogens with one attached hydrogen (secondary N) is 1. The van der Waals surface area contributed by atoms with Crippen molar-refractivity contribution in [3.8, 4) is 0 Å². The average molecular weight is 238 g/mol. The minimum Gasteiger partial charge on any atom is -0.409 e. The maximum absolute atomic E-state index is 11.3. The molecule has 1 aromatic carbocycles. The number of nitro groups is 1. The molecule has 0 bridgehead atoms. The number of aryl methyl sites for hydroxylation is 1. The van der Waals surface area contributed by atoms with Gasteiger partial charge < -0.3 is 16.3 Å². The molecule has 1 amide bonds. The second-order valence-electron chi connectivity index (χ2n) is 3.20. The fraction of sp³-hybridized carbons (Fsp3) is 0.111. The molecule has 0 aromatic heterocycles. The lowest BCUT2D eigenvalue weighted by Crippen LogP contribution is -2.30. The number of rotatable bonds is 2. The van der Waals surface area contributed by atoms with Crippen LogP contribution in [0.15, 0.2) is 23.4 Å². The van der Waals surface area contributed by atoms with E-state index in [-0.39, 0.29) is 5.69 Å². The van der Waals surface area contributed by atoms with Gasteiger partial charge in [-0.2, -0.15) is 0 Å². The lowest BCUT2D eigenvalue weighted by molar-refractivity contribution is -0.384. The third kappa shape index (κ3) is 2.91. The zero-order valence-corrected chi connectivity index (χ0v) is 8.88. The number of benzene rings is 1. The van der Waals surface area contributed by atoms with E-state index in [0.29, 0.717) is 11.3 Å². The van der Waals surface area contributed by atoms with Gasteiger partial charge in [0, 0.05) is 17.8 Å². The van der Waals surface area contributed by atoms with Gasteiger partial charge in [0.25, 0.3) is 11.6 Å². The van der Waals surface area contributed by atoms with E-state index in [1.807, 2.05) is 0 Å². The molecule has 17 heavy (non-hydrogen) atoms. The Kier molecular flexibility index (Phi) is 3.60. The van der Waals surface area contributed by atoms with E-state index >= 15 is 0 Å². The number of amidine groups is 1. The van der Waals surface area contributed by atoms with Crippen LogP contribution in [0.3, 0.4) is 0 Å². The number of anilines is 1. The van der Waals surface area contributed by atoms with Gasteiger partial charge in [-0.25, -0.2) is 0 Å². The van der Waals surface area contributed by atoms with E-state index in [0.717, 1.165) is 0 Å². The first-order valence-electron chi connectivity index (χ1n) is 4.49. The summed E-state index contributed by atoms with van der Waals surface area (Å²) in [4.78, 5) is 21.2. The minimum atomic E-state index is -0.788. The fourth-order valence-corrected chi connectivity index (χ4v) is 1.13. The summed E-state index contributed by atoms with van der Waals surface area (Å²) < 4.78 is 0. The molecule has 4 N–H and O–H groups in total. The molecule has 0 saturated heterocycles. The van der Waals surface area contributed by atoms with E-state index in [1.54, 1.807) is 6.92 Å². The Bertz CT molecular complexity index is 498. The number of amides is 1. The number of carbonyl (C=O) groups excluding carboxylic acids is 1. The van der Waals surface area contributed by atoms with Gasteiger partial charge in [0.2, 0.25) is 5.84 Å². The molecule has 0 fully saturated rings. The van der Waals surface area contributed by atoms with E-state index < -0.39 is 16.7 Å². The predicted molar refractivity (Wildman–Crippen MR) is 59.9 cm³/mol. The van der Waals surface area contributed by atoms with Crippen LogP contribution in [0.4, 0.5) is 11.4 Å². The summed E-state index contributed by atoms with van der Waals surface area (Å²) in [6, 6.07) is 3.92. The third-order valence-electron chi connectivity index (χ3n) is 2.01. The van der Waals surface area contributed by atoms with Crippen molar-refractivity contribution in [3.05, 3.63) is 33.9 Å². The molecule has 0 aliphatic carbocycles. The van der Waals surface area contributed by atoms with Crippen LogP contribution in [0, 0.1) is 17.0 Å². The third-order valence-corrected chi connectivity index (χ3v) is 2.01. The number of nitro benzene ring substituents is 1. The van der Waals surface area contributed by atoms with Crippen LogP contribution < -0.4 is 11.1 Å². The predicted octanol–water partition coefficient (Wildman–Crippen LogP) is 0.588. The Morgan fingerprint density at radius 3 is 2.71 bits per heavy atom. The topological polar surface area (TPSA) is 131 Å². The molecule has 0 aliphatic rings. The normalized spacial score (nSPS) is 11.0. The van der Waals surface area contributed by atoms with Crippen molar-refractivity contribution >= 4 is 23.1 Å². The van der Waals surface area contributed by atoms with Gasteiger partial charge in [0.15, 0.2) is 0 Å². The van der Waals surface area contributed by atoms with E-state index in [4.69, 9.17) is 10.9 Å². The van der Waals surface area contributed by atoms with Crippen molar-refractivity contribution in [2.75, 3.05) is 5.32 Å². The summed E-state index contributed by atoms with van der Waals surface area (Å²) in [6.07, 6.45) is 0. The highest BCUT2D eigenvalue weighted by molar-refractivity contribution is 6.41. The van der Waals surface area contributed by atoms with Gasteiger partial charge in [-0.15, -0.1) is 0 Å². The zero-order chi connectivity index (χ0) is 13.0. The molecule has 8 nitrogen and oxygen atoms in total. The van der Waals surface area contributed by atoms with Crippen molar-refractivity contribution in [1.82, 2.24) is 0 Å². The highest BCUT2D eigenvalue weighted by atomic mass is 16.6. The summed E-state index contributed by atoms with van der Waals surface area (Å²) in [7, 11) is 0. The molecule has 0 spiro atoms. The number of non-ortho nitro benzene ring substituents is 1. The SMILES string of the molecule is Cc1cc([N+](=O)[O-])ccc1NC(=O)/C(N)=N/O. The molecule has 0 atom stereocenters. The highest BCUT2D eigenvalue weighted by Crippen LogP contribution is 2.20. The first-order chi connectivity index (χ1) is 7.95. The van der Waals surface area contributed by atoms with Crippen molar-refractivity contribution < 1.29 is 14.9 Å². The van der Waals surface area contributed by atoms with Crippen molar-refractivity contribution in [3.63, 3.8) is 0 Å². The zero-order valence-electron chi connectivity index (χ0n) is 8.88. The molecule has 0 saturated carbocycles. The van der Waals surface area contributed by atoms with Gasteiger partial charge >= 0.3 is 0 Å². The molecule has 8 heteroatoms. The number of carbonyl (C=O) groups is 1. The van der Waals surface area contributed by atoms with Crippen LogP contribution >= 0.6 is 0 Å². The summed E-state index contributed by atoms with van der Waals surface area (Å²) in [6.45, 7) is 1.59. The van der Waals surface area contributed by atoms with Gasteiger partial charge in [-0.05, 0) is 18.6 Å². The number of hydrogen-bond acceptors (Lipinski definition) is 5. The van der Waals surface area contributed by atoms with Gasteiger partial charge in [0.1, 0.15) is 0 Å². The fourth-order valence-electron chi connectivity index (χ4n) is 1.13. The Hall–Kier alpha value is -2.64. The molecule has 0 heterocycles. The minimum absolute atomic E-state index is 0.0794. The Balaban J connectivity index is 2.94. The van der Waals surface area contributed by atoms with Crippen LogP contribution in [-0.4, -0.2) is 21.9 Å². The van der Waals surface area contributed by atoms with Crippen LogP contribution in [0.1, 0.15) is 5.56 Å². The number of hydrogen-bond donors (Lipinski definition) is 3. The average Bonchev–Trinajstić information content (AvgIpc) is 2.30. The summed E-state index contributed by atoms with van der Waals surface area (Å²) >= 11 is 0. The first kappa shape index (κ1) is 12.4. The van der Waals surface area contributed by atoms with Crippen LogP contribution in [-0.2, 0) is 4.79 Å². The van der Waals surface area contributed by atoms with Gasteiger partial charge in [-0.1, -0.05) is 5.16 Å². The number of nitrogens with two attached hydrogens (primary N) is 1. The van der Waals surface area contributed by atoms with E-state index in [1.165, 1.54) is 18.2 Å². The second kappa shape index (κ2) is 4.92. The van der Waals surface area contributed by atoms with Crippen molar-refractivity contribution in [1.29, 1.82) is 0 Å². The summed E-state index contributed by atoms with van der Waals surface area (Å²) in [5.74, 6) is -1.38. The summed E-state index contributed by atoms with van der Waals surface area (Å²) in [5.41, 5.74) is 5.85. The second-order valence-corrected chi connectivity index (χ2v) is 3.20. The molecule has 0 unspecified atom stereocenters. The maximum atomic E-state index is 11.3. The number of oxime groups is 1. The molecule has 1 aromatic rings. The Labute approximate surface area is 95.9 Å². The van der Waals surface area contributed by atoms with Crippen molar-refractivity contribution in [2.24, 2.45) is 10.9 Å². The molecule has 90 valence electrons.